The Hall–Kier alpha value is -1.05. The van der Waals surface area contributed by atoms with Gasteiger partial charge in [-0.1, -0.05) is 6.07 Å². The van der Waals surface area contributed by atoms with E-state index in [2.05, 4.69) is 29.4 Å². The number of fused-ring (bicyclic) bond motifs is 1. The zero-order chi connectivity index (χ0) is 8.55. The lowest BCUT2D eigenvalue weighted by atomic mass is 10.0. The predicted molar refractivity (Wildman–Crippen MR) is 52.5 cm³/mol. The summed E-state index contributed by atoms with van der Waals surface area (Å²) in [6.07, 6.45) is 2.38. The van der Waals surface area contributed by atoms with Crippen LogP contribution in [0.1, 0.15) is 26.0 Å². The zero-order valence-electron chi connectivity index (χ0n) is 7.59. The van der Waals surface area contributed by atoms with Crippen molar-refractivity contribution in [3.05, 3.63) is 23.4 Å². The molecule has 0 saturated heterocycles. The standard InChI is InChI=1S/C10H14N2.H2/c1-7-3-5-9-6-4-8(2)12-10(9)11-7;/h3,5,8H,4,6H2,1-2H3,(H,11,12);1H. The lowest BCUT2D eigenvalue weighted by Crippen LogP contribution is -2.22. The summed E-state index contributed by atoms with van der Waals surface area (Å²) in [6.45, 7) is 4.23. The smallest absolute Gasteiger partial charge is 0.129 e. The Labute approximate surface area is 74.5 Å². The fraction of sp³-hybridized carbons (Fsp3) is 0.500. The highest BCUT2D eigenvalue weighted by atomic mass is 15.0. The topological polar surface area (TPSA) is 24.9 Å². The van der Waals surface area contributed by atoms with Crippen LogP contribution in [0.4, 0.5) is 5.82 Å². The van der Waals surface area contributed by atoms with Crippen LogP contribution in [0.5, 0.6) is 0 Å². The van der Waals surface area contributed by atoms with Gasteiger partial charge in [0.05, 0.1) is 0 Å². The summed E-state index contributed by atoms with van der Waals surface area (Å²) in [7, 11) is 0. The Morgan fingerprint density at radius 2 is 2.42 bits per heavy atom. The average Bonchev–Trinajstić information content (AvgIpc) is 2.03. The first-order chi connectivity index (χ1) is 5.75. The number of hydrogen-bond acceptors (Lipinski definition) is 2. The molecule has 2 heterocycles. The molecule has 1 aliphatic rings. The molecule has 1 atom stereocenters. The van der Waals surface area contributed by atoms with Crippen molar-refractivity contribution < 1.29 is 1.43 Å². The van der Waals surface area contributed by atoms with E-state index in [-0.39, 0.29) is 1.43 Å². The maximum atomic E-state index is 4.45. The largest absolute Gasteiger partial charge is 0.367 e. The zero-order valence-corrected chi connectivity index (χ0v) is 7.59. The van der Waals surface area contributed by atoms with Crippen LogP contribution in [0.2, 0.25) is 0 Å². The van der Waals surface area contributed by atoms with E-state index in [1.807, 2.05) is 6.92 Å². The van der Waals surface area contributed by atoms with Crippen molar-refractivity contribution in [2.24, 2.45) is 0 Å². The summed E-state index contributed by atoms with van der Waals surface area (Å²) in [5.41, 5.74) is 2.45. The molecule has 2 heteroatoms. The Morgan fingerprint density at radius 3 is 3.25 bits per heavy atom. The highest BCUT2D eigenvalue weighted by Crippen LogP contribution is 2.22. The van der Waals surface area contributed by atoms with Crippen LogP contribution in [0.15, 0.2) is 12.1 Å². The number of aromatic nitrogens is 1. The molecule has 2 rings (SSSR count). The van der Waals surface area contributed by atoms with Gasteiger partial charge >= 0.3 is 0 Å². The minimum absolute atomic E-state index is 0. The lowest BCUT2D eigenvalue weighted by Gasteiger charge is -2.22. The molecular weight excluding hydrogens is 148 g/mol. The normalized spacial score (nSPS) is 21.3. The van der Waals surface area contributed by atoms with Gasteiger partial charge in [-0.15, -0.1) is 0 Å². The van der Waals surface area contributed by atoms with E-state index in [1.165, 1.54) is 12.0 Å². The number of anilines is 1. The van der Waals surface area contributed by atoms with Crippen molar-refractivity contribution in [3.8, 4) is 0 Å². The van der Waals surface area contributed by atoms with E-state index in [0.717, 1.165) is 17.9 Å². The van der Waals surface area contributed by atoms with Crippen molar-refractivity contribution in [2.75, 3.05) is 5.32 Å². The van der Waals surface area contributed by atoms with Gasteiger partial charge in [0.15, 0.2) is 0 Å². The summed E-state index contributed by atoms with van der Waals surface area (Å²) >= 11 is 0. The third-order valence-electron chi connectivity index (χ3n) is 2.35. The van der Waals surface area contributed by atoms with Crippen LogP contribution in [0, 0.1) is 6.92 Å². The molecule has 1 N–H and O–H groups in total. The number of aryl methyl sites for hydroxylation is 2. The first-order valence-corrected chi connectivity index (χ1v) is 4.49. The Morgan fingerprint density at radius 1 is 1.58 bits per heavy atom. The van der Waals surface area contributed by atoms with Crippen LogP contribution < -0.4 is 5.32 Å². The van der Waals surface area contributed by atoms with Gasteiger partial charge in [-0.3, -0.25) is 0 Å². The summed E-state index contributed by atoms with van der Waals surface area (Å²) in [4.78, 5) is 4.45. The number of pyridine rings is 1. The van der Waals surface area contributed by atoms with Gasteiger partial charge in [-0.05, 0) is 38.3 Å². The van der Waals surface area contributed by atoms with Gasteiger partial charge in [0, 0.05) is 13.2 Å². The van der Waals surface area contributed by atoms with E-state index in [0.29, 0.717) is 6.04 Å². The van der Waals surface area contributed by atoms with Crippen molar-refractivity contribution in [1.29, 1.82) is 0 Å². The molecule has 0 saturated carbocycles. The van der Waals surface area contributed by atoms with Gasteiger partial charge in [0.2, 0.25) is 0 Å². The van der Waals surface area contributed by atoms with Crippen LogP contribution in [-0.2, 0) is 6.42 Å². The average molecular weight is 164 g/mol. The molecule has 1 aromatic rings. The molecule has 1 unspecified atom stereocenters. The van der Waals surface area contributed by atoms with Gasteiger partial charge in [0.25, 0.3) is 0 Å². The van der Waals surface area contributed by atoms with Crippen LogP contribution >= 0.6 is 0 Å². The molecule has 2 nitrogen and oxygen atoms in total. The Kier molecular flexibility index (Phi) is 1.75. The second-order valence-electron chi connectivity index (χ2n) is 3.54. The summed E-state index contributed by atoms with van der Waals surface area (Å²) in [5.74, 6) is 1.09. The molecule has 12 heavy (non-hydrogen) atoms. The third kappa shape index (κ3) is 1.29. The highest BCUT2D eigenvalue weighted by molar-refractivity contribution is 5.47. The minimum atomic E-state index is 0. The number of nitrogens with one attached hydrogen (secondary N) is 1. The molecule has 1 aromatic heterocycles. The Balaban J connectivity index is 0.000000845. The molecule has 0 bridgehead atoms. The number of nitrogens with zero attached hydrogens (tertiary/aromatic N) is 1. The second-order valence-corrected chi connectivity index (χ2v) is 3.54. The molecule has 1 aliphatic heterocycles. The van der Waals surface area contributed by atoms with Crippen molar-refractivity contribution in [1.82, 2.24) is 4.98 Å². The maximum Gasteiger partial charge on any atom is 0.129 e. The fourth-order valence-corrected chi connectivity index (χ4v) is 1.59. The van der Waals surface area contributed by atoms with E-state index < -0.39 is 0 Å². The van der Waals surface area contributed by atoms with Gasteiger partial charge in [-0.25, -0.2) is 4.98 Å². The molecule has 0 fully saturated rings. The molecular formula is C10H16N2. The molecule has 66 valence electrons. The van der Waals surface area contributed by atoms with Crippen molar-refractivity contribution in [2.45, 2.75) is 32.7 Å². The van der Waals surface area contributed by atoms with E-state index >= 15 is 0 Å². The van der Waals surface area contributed by atoms with E-state index in [4.69, 9.17) is 0 Å². The fourth-order valence-electron chi connectivity index (χ4n) is 1.59. The monoisotopic (exact) mass is 164 g/mol. The second kappa shape index (κ2) is 2.77. The molecule has 0 radical (unpaired) electrons. The quantitative estimate of drug-likeness (QED) is 0.636. The number of rotatable bonds is 0. The Bertz CT molecular complexity index is 299. The van der Waals surface area contributed by atoms with Crippen LogP contribution in [-0.4, -0.2) is 11.0 Å². The van der Waals surface area contributed by atoms with Crippen LogP contribution in [0.25, 0.3) is 0 Å². The van der Waals surface area contributed by atoms with E-state index in [1.54, 1.807) is 0 Å². The summed E-state index contributed by atoms with van der Waals surface area (Å²) < 4.78 is 0. The van der Waals surface area contributed by atoms with E-state index in [9.17, 15) is 0 Å². The maximum absolute atomic E-state index is 4.45. The van der Waals surface area contributed by atoms with Gasteiger partial charge in [-0.2, -0.15) is 0 Å². The van der Waals surface area contributed by atoms with Crippen molar-refractivity contribution >= 4 is 5.82 Å². The number of hydrogen-bond donors (Lipinski definition) is 1. The molecule has 0 spiro atoms. The van der Waals surface area contributed by atoms with Gasteiger partial charge in [0.1, 0.15) is 5.82 Å². The lowest BCUT2D eigenvalue weighted by molar-refractivity contribution is 0.673. The van der Waals surface area contributed by atoms with Crippen LogP contribution in [0.3, 0.4) is 0 Å². The summed E-state index contributed by atoms with van der Waals surface area (Å²) in [6, 6.07) is 4.83. The first kappa shape index (κ1) is 7.59. The molecule has 0 aromatic carbocycles. The third-order valence-corrected chi connectivity index (χ3v) is 2.35. The van der Waals surface area contributed by atoms with Gasteiger partial charge < -0.3 is 5.32 Å². The molecule has 0 amide bonds. The summed E-state index contributed by atoms with van der Waals surface area (Å²) in [5, 5.41) is 3.39. The molecule has 0 aliphatic carbocycles. The highest BCUT2D eigenvalue weighted by Gasteiger charge is 2.14. The van der Waals surface area contributed by atoms with Crippen molar-refractivity contribution in [3.63, 3.8) is 0 Å². The first-order valence-electron chi connectivity index (χ1n) is 4.49. The minimum Gasteiger partial charge on any atom is -0.367 e. The SMILES string of the molecule is Cc1ccc2c(n1)NC(C)CC2.[HH]. The predicted octanol–water partition coefficient (Wildman–Crippen LogP) is 2.38.